The van der Waals surface area contributed by atoms with Crippen molar-refractivity contribution in [2.45, 2.75) is 38.3 Å². The molecule has 0 amide bonds. The van der Waals surface area contributed by atoms with Crippen LogP contribution in [0.15, 0.2) is 0 Å². The summed E-state index contributed by atoms with van der Waals surface area (Å²) in [5, 5.41) is 10.3. The van der Waals surface area contributed by atoms with Gasteiger partial charge >= 0.3 is 5.97 Å². The molecule has 28 heavy (non-hydrogen) atoms. The molecule has 154 valence electrons. The Morgan fingerprint density at radius 1 is 1.39 bits per heavy atom. The first kappa shape index (κ1) is 19.3. The molecule has 1 aliphatic carbocycles. The van der Waals surface area contributed by atoms with E-state index in [-0.39, 0.29) is 11.9 Å². The highest BCUT2D eigenvalue weighted by atomic mass is 32.1. The minimum absolute atomic E-state index is 0.206. The normalized spacial score (nSPS) is 27.9. The summed E-state index contributed by atoms with van der Waals surface area (Å²) in [6.45, 7) is 4.96. The molecule has 1 saturated carbocycles. The van der Waals surface area contributed by atoms with Gasteiger partial charge in [-0.1, -0.05) is 6.42 Å². The topological polar surface area (TPSA) is 96.8 Å². The molecule has 0 unspecified atom stereocenters. The van der Waals surface area contributed by atoms with Crippen LogP contribution >= 0.6 is 12.2 Å². The van der Waals surface area contributed by atoms with Crippen molar-refractivity contribution in [2.24, 2.45) is 5.92 Å². The Balaban J connectivity index is 1.69. The smallest absolute Gasteiger partial charge is 0.312 e. The van der Waals surface area contributed by atoms with Crippen LogP contribution in [0, 0.1) is 5.92 Å². The minimum atomic E-state index is -0.715. The quantitative estimate of drug-likeness (QED) is 0.544. The number of nitrogens with one attached hydrogen (secondary N) is 2. The van der Waals surface area contributed by atoms with Gasteiger partial charge in [0.25, 0.3) is 0 Å². The maximum Gasteiger partial charge on any atom is 0.312 e. The van der Waals surface area contributed by atoms with E-state index >= 15 is 0 Å². The summed E-state index contributed by atoms with van der Waals surface area (Å²) < 4.78 is 12.4. The molecule has 2 atom stereocenters. The highest BCUT2D eigenvalue weighted by molar-refractivity contribution is 7.80. The van der Waals surface area contributed by atoms with Crippen LogP contribution in [0.4, 0.5) is 11.9 Å². The van der Waals surface area contributed by atoms with Crippen molar-refractivity contribution < 1.29 is 14.3 Å². The lowest BCUT2D eigenvalue weighted by Crippen LogP contribution is -2.64. The van der Waals surface area contributed by atoms with E-state index in [0.29, 0.717) is 36.8 Å². The summed E-state index contributed by atoms with van der Waals surface area (Å²) in [6, 6.07) is 0. The van der Waals surface area contributed by atoms with Gasteiger partial charge in [0.15, 0.2) is 0 Å². The molecule has 1 aromatic heterocycles. The SMILES string of the molecule is CCOC(=O)[C@H]1CCCC[C@@]12Nc1nc(N3CCOCC3)nn1C(=S)N(C)N2. The Morgan fingerprint density at radius 3 is 2.93 bits per heavy atom. The molecule has 2 N–H and O–H groups in total. The number of aromatic nitrogens is 3. The van der Waals surface area contributed by atoms with Gasteiger partial charge < -0.3 is 19.7 Å². The number of thiocarbonyl (C=S) groups is 1. The van der Waals surface area contributed by atoms with Crippen LogP contribution in [0.1, 0.15) is 32.6 Å². The van der Waals surface area contributed by atoms with Crippen LogP contribution in [0.5, 0.6) is 0 Å². The van der Waals surface area contributed by atoms with Crippen molar-refractivity contribution in [1.82, 2.24) is 25.2 Å². The van der Waals surface area contributed by atoms with Gasteiger partial charge in [0.1, 0.15) is 5.66 Å². The summed E-state index contributed by atoms with van der Waals surface area (Å²) in [5.41, 5.74) is 2.70. The number of morpholine rings is 1. The maximum atomic E-state index is 12.7. The Kier molecular flexibility index (Phi) is 5.39. The molecule has 2 aliphatic heterocycles. The Labute approximate surface area is 169 Å². The van der Waals surface area contributed by atoms with Gasteiger partial charge in [-0.2, -0.15) is 9.67 Å². The second-order valence-corrected chi connectivity index (χ2v) is 7.71. The van der Waals surface area contributed by atoms with Gasteiger partial charge in [0, 0.05) is 20.1 Å². The zero-order valence-corrected chi connectivity index (χ0v) is 17.1. The molecule has 1 spiro atoms. The minimum Gasteiger partial charge on any atom is -0.466 e. The molecule has 0 radical (unpaired) electrons. The first-order valence-corrected chi connectivity index (χ1v) is 10.3. The molecule has 0 aromatic carbocycles. The molecule has 2 fully saturated rings. The number of anilines is 2. The lowest BCUT2D eigenvalue weighted by Gasteiger charge is -2.44. The third kappa shape index (κ3) is 3.42. The van der Waals surface area contributed by atoms with Crippen molar-refractivity contribution in [3.05, 3.63) is 0 Å². The van der Waals surface area contributed by atoms with Gasteiger partial charge in [-0.05, 0) is 38.4 Å². The second-order valence-electron chi connectivity index (χ2n) is 7.35. The van der Waals surface area contributed by atoms with Crippen molar-refractivity contribution >= 4 is 35.2 Å². The van der Waals surface area contributed by atoms with Crippen LogP contribution in [0.25, 0.3) is 0 Å². The first-order valence-electron chi connectivity index (χ1n) is 9.84. The molecular formula is C17H27N7O3S. The predicted octanol–water partition coefficient (Wildman–Crippen LogP) is 0.559. The lowest BCUT2D eigenvalue weighted by atomic mass is 9.79. The molecule has 1 aromatic rings. The average Bonchev–Trinajstić information content (AvgIpc) is 3.08. The highest BCUT2D eigenvalue weighted by Crippen LogP contribution is 2.37. The van der Waals surface area contributed by atoms with E-state index in [9.17, 15) is 4.79 Å². The van der Waals surface area contributed by atoms with Crippen molar-refractivity contribution in [3.8, 4) is 0 Å². The standard InChI is InChI=1S/C17H27N7O3S/c1-3-27-13(25)12-6-4-5-7-17(12)19-14-18-15(23-8-10-26-11-9-23)20-24(14)16(28)22(2)21-17/h12,21H,3-11H2,1-2H3,(H,18,19,20)/t12-,17+/m1/s1. The zero-order valence-electron chi connectivity index (χ0n) is 16.3. The fourth-order valence-electron chi connectivity index (χ4n) is 4.15. The van der Waals surface area contributed by atoms with E-state index < -0.39 is 5.66 Å². The number of fused-ring (bicyclic) bond motifs is 1. The predicted molar refractivity (Wildman–Crippen MR) is 107 cm³/mol. The third-order valence-corrected chi connectivity index (χ3v) is 5.99. The molecule has 4 rings (SSSR count). The monoisotopic (exact) mass is 409 g/mol. The average molecular weight is 410 g/mol. The summed E-state index contributed by atoms with van der Waals surface area (Å²) in [4.78, 5) is 19.5. The lowest BCUT2D eigenvalue weighted by molar-refractivity contribution is -0.153. The Morgan fingerprint density at radius 2 is 2.18 bits per heavy atom. The fourth-order valence-corrected chi connectivity index (χ4v) is 4.32. The number of nitrogens with zero attached hydrogens (tertiary/aromatic N) is 5. The van der Waals surface area contributed by atoms with E-state index in [0.717, 1.165) is 38.8 Å². The van der Waals surface area contributed by atoms with Crippen LogP contribution in [-0.2, 0) is 14.3 Å². The van der Waals surface area contributed by atoms with Crippen LogP contribution in [0.3, 0.4) is 0 Å². The van der Waals surface area contributed by atoms with Gasteiger partial charge in [-0.25, -0.2) is 5.43 Å². The number of hydrazine groups is 1. The molecule has 11 heteroatoms. The molecule has 0 bridgehead atoms. The van der Waals surface area contributed by atoms with E-state index in [1.54, 1.807) is 9.69 Å². The number of ether oxygens (including phenoxy) is 2. The Hall–Kier alpha value is -1.98. The van der Waals surface area contributed by atoms with Gasteiger partial charge in [0.05, 0.1) is 25.7 Å². The van der Waals surface area contributed by atoms with E-state index in [4.69, 9.17) is 26.7 Å². The van der Waals surface area contributed by atoms with Gasteiger partial charge in [-0.3, -0.25) is 9.80 Å². The van der Waals surface area contributed by atoms with E-state index in [2.05, 4.69) is 20.7 Å². The number of esters is 1. The number of hydrogen-bond donors (Lipinski definition) is 2. The van der Waals surface area contributed by atoms with E-state index in [1.807, 2.05) is 14.0 Å². The molecular weight excluding hydrogens is 382 g/mol. The van der Waals surface area contributed by atoms with Crippen molar-refractivity contribution in [2.75, 3.05) is 50.2 Å². The van der Waals surface area contributed by atoms with Crippen LogP contribution in [-0.4, -0.2) is 76.5 Å². The zero-order chi connectivity index (χ0) is 19.7. The highest BCUT2D eigenvalue weighted by Gasteiger charge is 2.49. The number of hydrogen-bond acceptors (Lipinski definition) is 9. The second kappa shape index (κ2) is 7.80. The van der Waals surface area contributed by atoms with Crippen LogP contribution < -0.4 is 15.6 Å². The van der Waals surface area contributed by atoms with E-state index in [1.165, 1.54) is 0 Å². The largest absolute Gasteiger partial charge is 0.466 e. The number of carbonyl (C=O) groups excluding carboxylic acids is 1. The molecule has 3 aliphatic rings. The molecule has 10 nitrogen and oxygen atoms in total. The van der Waals surface area contributed by atoms with Crippen molar-refractivity contribution in [1.29, 1.82) is 0 Å². The molecule has 1 saturated heterocycles. The maximum absolute atomic E-state index is 12.7. The van der Waals surface area contributed by atoms with Gasteiger partial charge in [-0.15, -0.1) is 5.10 Å². The van der Waals surface area contributed by atoms with Crippen LogP contribution in [0.2, 0.25) is 0 Å². The summed E-state index contributed by atoms with van der Waals surface area (Å²) in [6.07, 6.45) is 3.46. The summed E-state index contributed by atoms with van der Waals surface area (Å²) >= 11 is 5.62. The third-order valence-electron chi connectivity index (χ3n) is 5.54. The first-order chi connectivity index (χ1) is 13.5. The van der Waals surface area contributed by atoms with Crippen molar-refractivity contribution in [3.63, 3.8) is 0 Å². The van der Waals surface area contributed by atoms with Gasteiger partial charge in [0.2, 0.25) is 17.0 Å². The fraction of sp³-hybridized carbons (Fsp3) is 0.765. The Bertz CT molecular complexity index is 751. The molecule has 3 heterocycles. The number of carbonyl (C=O) groups is 1. The summed E-state index contributed by atoms with van der Waals surface area (Å²) in [7, 11) is 1.84. The summed E-state index contributed by atoms with van der Waals surface area (Å²) in [5.74, 6) is 0.603. The number of rotatable bonds is 3.